The number of rotatable bonds is 0. The summed E-state index contributed by atoms with van der Waals surface area (Å²) in [6.45, 7) is 0. The van der Waals surface area contributed by atoms with E-state index in [1.54, 1.807) is 6.21 Å². The first-order valence-corrected chi connectivity index (χ1v) is 4.32. The smallest absolute Gasteiger partial charge is 0.129 e. The molecule has 0 saturated carbocycles. The summed E-state index contributed by atoms with van der Waals surface area (Å²) < 4.78 is 4.05. The van der Waals surface area contributed by atoms with Gasteiger partial charge in [0.2, 0.25) is 0 Å². The molecule has 1 aliphatic heterocycles. The Morgan fingerprint density at radius 2 is 2.57 bits per heavy atom. The highest BCUT2D eigenvalue weighted by Crippen LogP contribution is 2.02. The molecule has 0 radical (unpaired) electrons. The zero-order valence-electron chi connectivity index (χ0n) is 3.63. The maximum atomic E-state index is 5.31. The van der Waals surface area contributed by atoms with Crippen molar-refractivity contribution < 1.29 is 0 Å². The van der Waals surface area contributed by atoms with Crippen LogP contribution in [0.2, 0.25) is 0 Å². The third-order valence-corrected chi connectivity index (χ3v) is 2.26. The molecule has 1 aliphatic rings. The van der Waals surface area contributed by atoms with Gasteiger partial charge in [-0.25, -0.2) is 4.99 Å². The minimum atomic E-state index is 0.113. The molecular weight excluding hydrogens is 203 g/mol. The average Bonchev–Trinajstić information content (AvgIpc) is 1.69. The number of nitrogens with zero attached hydrogens (tertiary/aromatic N) is 1. The molecule has 38 valence electrons. The zero-order chi connectivity index (χ0) is 5.11. The number of hydrogen-bond acceptors (Lipinski definition) is 2. The predicted octanol–water partition coefficient (Wildman–Crippen LogP) is 0.601. The summed E-state index contributed by atoms with van der Waals surface area (Å²) in [6, 6.07) is 0. The highest BCUT2D eigenvalue weighted by molar-refractivity contribution is 14.2. The standard InChI is InChI=1S/C4H5IN2/c6-4-3-5-1-2-7-4/h1-3H,(H2,6,7). The molecule has 0 aromatic rings. The van der Waals surface area contributed by atoms with E-state index < -0.39 is 0 Å². The van der Waals surface area contributed by atoms with Crippen LogP contribution >= 0.6 is 20.7 Å². The van der Waals surface area contributed by atoms with Gasteiger partial charge >= 0.3 is 0 Å². The third-order valence-electron chi connectivity index (χ3n) is 0.527. The lowest BCUT2D eigenvalue weighted by Crippen LogP contribution is -1.93. The molecule has 0 bridgehead atoms. The molecular formula is C4H5IN2. The van der Waals surface area contributed by atoms with Crippen molar-refractivity contribution in [1.29, 1.82) is 0 Å². The summed E-state index contributed by atoms with van der Waals surface area (Å²) in [5, 5.41) is 0. The number of aliphatic imine (C=N–C) groups is 1. The van der Waals surface area contributed by atoms with Crippen molar-refractivity contribution in [2.75, 3.05) is 0 Å². The van der Waals surface area contributed by atoms with E-state index in [1.165, 1.54) is 0 Å². The van der Waals surface area contributed by atoms with Crippen LogP contribution in [0, 0.1) is 0 Å². The van der Waals surface area contributed by atoms with Gasteiger partial charge in [-0.3, -0.25) is 0 Å². The van der Waals surface area contributed by atoms with E-state index in [0.717, 1.165) is 0 Å². The van der Waals surface area contributed by atoms with Gasteiger partial charge in [-0.2, -0.15) is 0 Å². The van der Waals surface area contributed by atoms with E-state index in [2.05, 4.69) is 9.00 Å². The van der Waals surface area contributed by atoms with E-state index >= 15 is 0 Å². The van der Waals surface area contributed by atoms with Gasteiger partial charge in [0.15, 0.2) is 0 Å². The topological polar surface area (TPSA) is 38.4 Å². The van der Waals surface area contributed by atoms with Crippen molar-refractivity contribution in [3.05, 3.63) is 9.90 Å². The Morgan fingerprint density at radius 1 is 1.71 bits per heavy atom. The average molecular weight is 208 g/mol. The van der Waals surface area contributed by atoms with E-state index in [-0.39, 0.29) is 20.7 Å². The van der Waals surface area contributed by atoms with Crippen LogP contribution < -0.4 is 5.73 Å². The van der Waals surface area contributed by atoms with Crippen LogP contribution in [0.4, 0.5) is 0 Å². The van der Waals surface area contributed by atoms with Crippen LogP contribution in [0.1, 0.15) is 0 Å². The zero-order valence-corrected chi connectivity index (χ0v) is 5.79. The molecule has 1 heterocycles. The van der Waals surface area contributed by atoms with Crippen molar-refractivity contribution in [1.82, 2.24) is 0 Å². The van der Waals surface area contributed by atoms with Crippen LogP contribution in [-0.2, 0) is 0 Å². The van der Waals surface area contributed by atoms with Crippen molar-refractivity contribution in [2.45, 2.75) is 0 Å². The minimum absolute atomic E-state index is 0.113. The quantitative estimate of drug-likeness (QED) is 0.581. The summed E-state index contributed by atoms with van der Waals surface area (Å²) in [4.78, 5) is 3.82. The summed E-state index contributed by atoms with van der Waals surface area (Å²) in [5.41, 5.74) is 5.31. The van der Waals surface area contributed by atoms with Gasteiger partial charge in [0, 0.05) is 10.3 Å². The summed E-state index contributed by atoms with van der Waals surface area (Å²) in [7, 11) is 0. The van der Waals surface area contributed by atoms with E-state index in [9.17, 15) is 0 Å². The van der Waals surface area contributed by atoms with Crippen molar-refractivity contribution >= 4 is 31.0 Å². The lowest BCUT2D eigenvalue weighted by atomic mass is 10.8. The van der Waals surface area contributed by atoms with Crippen LogP contribution in [0.15, 0.2) is 14.9 Å². The van der Waals surface area contributed by atoms with E-state index in [4.69, 9.17) is 5.73 Å². The lowest BCUT2D eigenvalue weighted by molar-refractivity contribution is 1.28. The van der Waals surface area contributed by atoms with Crippen LogP contribution in [0.5, 0.6) is 0 Å². The first-order chi connectivity index (χ1) is 3.39. The van der Waals surface area contributed by atoms with Crippen LogP contribution in [0.25, 0.3) is 0 Å². The Labute approximate surface area is 51.9 Å². The Bertz CT molecular complexity index is 146. The molecule has 0 aliphatic carbocycles. The van der Waals surface area contributed by atoms with Crippen molar-refractivity contribution in [3.8, 4) is 0 Å². The van der Waals surface area contributed by atoms with Crippen molar-refractivity contribution in [2.24, 2.45) is 10.7 Å². The molecule has 0 aromatic carbocycles. The van der Waals surface area contributed by atoms with Gasteiger partial charge in [-0.1, -0.05) is 20.7 Å². The molecule has 0 amide bonds. The second-order valence-corrected chi connectivity index (χ2v) is 3.13. The number of halogens is 1. The maximum absolute atomic E-state index is 5.31. The normalized spacial score (nSPS) is 18.0. The van der Waals surface area contributed by atoms with Gasteiger partial charge in [0.05, 0.1) is 0 Å². The molecule has 0 unspecified atom stereocenters. The fourth-order valence-electron chi connectivity index (χ4n) is 0.276. The van der Waals surface area contributed by atoms with Gasteiger partial charge in [-0.15, -0.1) is 0 Å². The molecule has 0 saturated heterocycles. The Balaban J connectivity index is 2.82. The van der Waals surface area contributed by atoms with Crippen LogP contribution in [-0.4, -0.2) is 10.2 Å². The Kier molecular flexibility index (Phi) is 1.56. The molecule has 7 heavy (non-hydrogen) atoms. The fourth-order valence-corrected chi connectivity index (χ4v) is 1.36. The van der Waals surface area contributed by atoms with E-state index in [0.29, 0.717) is 5.82 Å². The van der Waals surface area contributed by atoms with Gasteiger partial charge in [0.25, 0.3) is 0 Å². The number of nitrogens with two attached hydrogens (primary N) is 1. The number of hydrogen-bond donors (Lipinski definition) is 1. The van der Waals surface area contributed by atoms with Crippen molar-refractivity contribution in [3.63, 3.8) is 0 Å². The van der Waals surface area contributed by atoms with Gasteiger partial charge in [-0.05, 0) is 4.01 Å². The van der Waals surface area contributed by atoms with E-state index in [1.807, 2.05) is 4.08 Å². The van der Waals surface area contributed by atoms with Gasteiger partial charge in [0.1, 0.15) is 5.82 Å². The lowest BCUT2D eigenvalue weighted by Gasteiger charge is -1.89. The maximum Gasteiger partial charge on any atom is 0.129 e. The molecule has 3 heteroatoms. The summed E-state index contributed by atoms with van der Waals surface area (Å²) >= 11 is 0.113. The summed E-state index contributed by atoms with van der Waals surface area (Å²) in [5.74, 6) is 0.676. The molecule has 0 spiro atoms. The molecule has 0 aromatic heterocycles. The second-order valence-electron chi connectivity index (χ2n) is 1.06. The van der Waals surface area contributed by atoms with Gasteiger partial charge < -0.3 is 5.73 Å². The first kappa shape index (κ1) is 4.96. The predicted molar refractivity (Wildman–Crippen MR) is 40.8 cm³/mol. The third kappa shape index (κ3) is 1.38. The molecule has 2 nitrogen and oxygen atoms in total. The Hall–Kier alpha value is -0.190. The fraction of sp³-hybridized carbons (Fsp3) is 0. The summed E-state index contributed by atoms with van der Waals surface area (Å²) in [6.07, 6.45) is 1.77. The second kappa shape index (κ2) is 2.20. The highest BCUT2D eigenvalue weighted by atomic mass is 127. The highest BCUT2D eigenvalue weighted by Gasteiger charge is 1.80. The Morgan fingerprint density at radius 3 is 2.86 bits per heavy atom. The monoisotopic (exact) mass is 208 g/mol. The first-order valence-electron chi connectivity index (χ1n) is 1.83. The molecule has 1 rings (SSSR count). The molecule has 0 atom stereocenters. The molecule has 0 fully saturated rings. The van der Waals surface area contributed by atoms with Crippen LogP contribution in [0.3, 0.4) is 0 Å². The molecule has 2 N–H and O–H groups in total. The largest absolute Gasteiger partial charge is 0.383 e. The minimum Gasteiger partial charge on any atom is -0.383 e. The SMILES string of the molecule is NC1=CI=CC=N1.